The third-order valence-electron chi connectivity index (χ3n) is 4.69. The summed E-state index contributed by atoms with van der Waals surface area (Å²) in [5.74, 6) is -0.203. The Hall–Kier alpha value is -3.50. The monoisotopic (exact) mass is 398 g/mol. The van der Waals surface area contributed by atoms with Crippen LogP contribution in [0.1, 0.15) is 23.1 Å². The van der Waals surface area contributed by atoms with Gasteiger partial charge in [-0.3, -0.25) is 14.6 Å². The van der Waals surface area contributed by atoms with Crippen molar-refractivity contribution < 1.29 is 9.63 Å². The molecule has 30 heavy (non-hydrogen) atoms. The van der Waals surface area contributed by atoms with Crippen molar-refractivity contribution in [2.75, 3.05) is 7.11 Å². The Bertz CT molecular complexity index is 928. The molecule has 1 atom stereocenters. The molecule has 0 heterocycles. The van der Waals surface area contributed by atoms with Crippen LogP contribution in [0.2, 0.25) is 0 Å². The average molecular weight is 399 g/mol. The van der Waals surface area contributed by atoms with Gasteiger partial charge in [0.1, 0.15) is 6.04 Å². The molecule has 0 spiro atoms. The van der Waals surface area contributed by atoms with Crippen LogP contribution in [-0.2, 0) is 16.2 Å². The number of hydroxylamine groups is 2. The van der Waals surface area contributed by atoms with E-state index in [0.717, 1.165) is 22.4 Å². The largest absolute Gasteiger partial charge is 0.274 e. The molecule has 0 fully saturated rings. The Morgan fingerprint density at radius 3 is 1.90 bits per heavy atom. The molecule has 0 aliphatic carbocycles. The molecule has 0 radical (unpaired) electrons. The summed E-state index contributed by atoms with van der Waals surface area (Å²) in [6.45, 7) is 4.18. The molecule has 0 N–H and O–H groups in total. The first kappa shape index (κ1) is 21.2. The zero-order chi connectivity index (χ0) is 21.2. The summed E-state index contributed by atoms with van der Waals surface area (Å²) < 4.78 is 0. The Morgan fingerprint density at radius 2 is 1.43 bits per heavy atom. The van der Waals surface area contributed by atoms with Gasteiger partial charge in [0.25, 0.3) is 5.91 Å². The summed E-state index contributed by atoms with van der Waals surface area (Å²) in [6.07, 6.45) is 2.13. The highest BCUT2D eigenvalue weighted by atomic mass is 16.7. The van der Waals surface area contributed by atoms with Gasteiger partial charge in [-0.05, 0) is 12.0 Å². The fraction of sp³-hybridized carbons (Fsp3) is 0.154. The fourth-order valence-corrected chi connectivity index (χ4v) is 3.18. The van der Waals surface area contributed by atoms with Crippen molar-refractivity contribution in [1.82, 2.24) is 5.06 Å². The molecule has 3 rings (SSSR count). The minimum Gasteiger partial charge on any atom is -0.274 e. The van der Waals surface area contributed by atoms with Crippen molar-refractivity contribution >= 4 is 11.6 Å². The first-order valence-electron chi connectivity index (χ1n) is 9.92. The average Bonchev–Trinajstić information content (AvgIpc) is 2.81. The third-order valence-corrected chi connectivity index (χ3v) is 4.69. The Balaban J connectivity index is 1.96. The van der Waals surface area contributed by atoms with Gasteiger partial charge in [-0.1, -0.05) is 97.1 Å². The number of aliphatic imine (C=N–C) groups is 1. The third kappa shape index (κ3) is 5.52. The minimum absolute atomic E-state index is 0.203. The van der Waals surface area contributed by atoms with Crippen LogP contribution in [0.15, 0.2) is 109 Å². The van der Waals surface area contributed by atoms with Crippen LogP contribution in [-0.4, -0.2) is 29.8 Å². The molecule has 1 amide bonds. The number of carbonyl (C=O) groups is 1. The lowest BCUT2D eigenvalue weighted by atomic mass is 10.0. The van der Waals surface area contributed by atoms with Crippen LogP contribution in [0.25, 0.3) is 0 Å². The van der Waals surface area contributed by atoms with E-state index in [1.165, 1.54) is 12.2 Å². The maximum Gasteiger partial charge on any atom is 0.271 e. The molecule has 0 aliphatic heterocycles. The van der Waals surface area contributed by atoms with Gasteiger partial charge < -0.3 is 0 Å². The quantitative estimate of drug-likeness (QED) is 0.287. The molecular weight excluding hydrogens is 372 g/mol. The van der Waals surface area contributed by atoms with Gasteiger partial charge in [0, 0.05) is 11.1 Å². The highest BCUT2D eigenvalue weighted by molar-refractivity contribution is 6.13. The Kier molecular flexibility index (Phi) is 7.70. The molecule has 3 aromatic rings. The van der Waals surface area contributed by atoms with E-state index in [-0.39, 0.29) is 5.91 Å². The van der Waals surface area contributed by atoms with E-state index in [4.69, 9.17) is 9.83 Å². The van der Waals surface area contributed by atoms with E-state index >= 15 is 0 Å². The van der Waals surface area contributed by atoms with Gasteiger partial charge in [-0.25, -0.2) is 5.06 Å². The van der Waals surface area contributed by atoms with Crippen molar-refractivity contribution in [2.45, 2.75) is 19.0 Å². The summed E-state index contributed by atoms with van der Waals surface area (Å²) >= 11 is 0. The molecule has 4 nitrogen and oxygen atoms in total. The number of benzene rings is 3. The summed E-state index contributed by atoms with van der Waals surface area (Å²) in [6, 6.07) is 28.9. The van der Waals surface area contributed by atoms with E-state index in [1.807, 2.05) is 91.0 Å². The summed E-state index contributed by atoms with van der Waals surface area (Å²) in [5.41, 5.74) is 3.67. The predicted octanol–water partition coefficient (Wildman–Crippen LogP) is 5.06. The topological polar surface area (TPSA) is 41.9 Å². The van der Waals surface area contributed by atoms with Gasteiger partial charge in [-0.15, -0.1) is 6.58 Å². The standard InChI is InChI=1S/C26H26N2O2/c1-3-13-24(26(29)28(30-2)20-21-14-7-4-8-15-21)27-25(22-16-9-5-10-17-22)23-18-11-6-12-19-23/h3-12,14-19,24H,1,13,20H2,2H3/t24-/m1/s1. The lowest BCUT2D eigenvalue weighted by Gasteiger charge is -2.23. The van der Waals surface area contributed by atoms with Crippen LogP contribution in [0.4, 0.5) is 0 Å². The van der Waals surface area contributed by atoms with Gasteiger partial charge in [0.15, 0.2) is 0 Å². The van der Waals surface area contributed by atoms with Crippen molar-refractivity contribution in [3.63, 3.8) is 0 Å². The van der Waals surface area contributed by atoms with E-state index in [0.29, 0.717) is 13.0 Å². The summed E-state index contributed by atoms with van der Waals surface area (Å²) in [7, 11) is 1.50. The maximum atomic E-state index is 13.3. The Morgan fingerprint density at radius 1 is 0.933 bits per heavy atom. The first-order valence-corrected chi connectivity index (χ1v) is 9.92. The van der Waals surface area contributed by atoms with Crippen molar-refractivity contribution in [1.29, 1.82) is 0 Å². The highest BCUT2D eigenvalue weighted by Crippen LogP contribution is 2.16. The normalized spacial score (nSPS) is 11.4. The fourth-order valence-electron chi connectivity index (χ4n) is 3.18. The molecule has 0 saturated carbocycles. The number of rotatable bonds is 9. The second-order valence-electron chi connectivity index (χ2n) is 6.79. The molecule has 0 aromatic heterocycles. The number of amides is 1. The van der Waals surface area contributed by atoms with Crippen LogP contribution >= 0.6 is 0 Å². The first-order chi connectivity index (χ1) is 14.7. The lowest BCUT2D eigenvalue weighted by Crippen LogP contribution is -2.37. The van der Waals surface area contributed by atoms with Crippen molar-refractivity contribution in [3.05, 3.63) is 120 Å². The van der Waals surface area contributed by atoms with Crippen LogP contribution in [0.3, 0.4) is 0 Å². The molecule has 0 bridgehead atoms. The van der Waals surface area contributed by atoms with E-state index in [2.05, 4.69) is 6.58 Å². The van der Waals surface area contributed by atoms with E-state index in [9.17, 15) is 4.79 Å². The molecule has 0 unspecified atom stereocenters. The van der Waals surface area contributed by atoms with Crippen LogP contribution in [0.5, 0.6) is 0 Å². The number of carbonyl (C=O) groups excluding carboxylic acids is 1. The second kappa shape index (κ2) is 10.9. The lowest BCUT2D eigenvalue weighted by molar-refractivity contribution is -0.180. The Labute approximate surface area is 178 Å². The zero-order valence-electron chi connectivity index (χ0n) is 17.1. The minimum atomic E-state index is -0.637. The van der Waals surface area contributed by atoms with Gasteiger partial charge >= 0.3 is 0 Å². The van der Waals surface area contributed by atoms with Crippen LogP contribution < -0.4 is 0 Å². The van der Waals surface area contributed by atoms with Gasteiger partial charge in [-0.2, -0.15) is 0 Å². The highest BCUT2D eigenvalue weighted by Gasteiger charge is 2.24. The van der Waals surface area contributed by atoms with Crippen LogP contribution in [0, 0.1) is 0 Å². The summed E-state index contributed by atoms with van der Waals surface area (Å²) in [4.78, 5) is 23.6. The molecule has 0 saturated heterocycles. The number of hydrogen-bond donors (Lipinski definition) is 0. The smallest absolute Gasteiger partial charge is 0.271 e. The molecule has 0 aliphatic rings. The van der Waals surface area contributed by atoms with E-state index < -0.39 is 6.04 Å². The summed E-state index contributed by atoms with van der Waals surface area (Å²) in [5, 5.41) is 1.36. The molecule has 3 aromatic carbocycles. The molecule has 4 heteroatoms. The van der Waals surface area contributed by atoms with E-state index in [1.54, 1.807) is 6.08 Å². The maximum absolute atomic E-state index is 13.3. The van der Waals surface area contributed by atoms with Gasteiger partial charge in [0.05, 0.1) is 19.4 Å². The van der Waals surface area contributed by atoms with Gasteiger partial charge in [0.2, 0.25) is 0 Å². The number of hydrogen-bond acceptors (Lipinski definition) is 3. The molecular formula is C26H26N2O2. The SMILES string of the molecule is C=CC[C@@H](N=C(c1ccccc1)c1ccccc1)C(=O)N(Cc1ccccc1)OC. The van der Waals surface area contributed by atoms with Crippen molar-refractivity contribution in [2.24, 2.45) is 4.99 Å². The number of nitrogens with zero attached hydrogens (tertiary/aromatic N) is 2. The zero-order valence-corrected chi connectivity index (χ0v) is 17.1. The second-order valence-corrected chi connectivity index (χ2v) is 6.79. The van der Waals surface area contributed by atoms with Crippen molar-refractivity contribution in [3.8, 4) is 0 Å². The predicted molar refractivity (Wildman–Crippen MR) is 121 cm³/mol. The molecule has 152 valence electrons.